The maximum atomic E-state index is 10.8. The third-order valence-corrected chi connectivity index (χ3v) is 3.45. The molecule has 0 atom stereocenters. The van der Waals surface area contributed by atoms with Crippen molar-refractivity contribution in [1.29, 1.82) is 0 Å². The number of nitrogens with one attached hydrogen (secondary N) is 5. The van der Waals surface area contributed by atoms with E-state index in [2.05, 4.69) is 26.6 Å². The zero-order chi connectivity index (χ0) is 19.5. The molecule has 0 unspecified atom stereocenters. The number of carbonyl (C=O) groups excluding carboxylic acids is 1. The van der Waals surface area contributed by atoms with Crippen LogP contribution in [0.5, 0.6) is 0 Å². The lowest BCUT2D eigenvalue weighted by Gasteiger charge is -2.08. The number of amides is 1. The van der Waals surface area contributed by atoms with Gasteiger partial charge in [-0.3, -0.25) is 9.59 Å². The Balaban J connectivity index is 3.08. The van der Waals surface area contributed by atoms with E-state index in [0.717, 1.165) is 71.5 Å². The van der Waals surface area contributed by atoms with Crippen molar-refractivity contribution in [3.8, 4) is 0 Å². The van der Waals surface area contributed by atoms with Gasteiger partial charge in [-0.05, 0) is 45.3 Å². The third kappa shape index (κ3) is 18.6. The van der Waals surface area contributed by atoms with Crippen molar-refractivity contribution in [2.75, 3.05) is 58.9 Å². The van der Waals surface area contributed by atoms with Gasteiger partial charge in [-0.2, -0.15) is 0 Å². The Morgan fingerprint density at radius 1 is 0.577 bits per heavy atom. The van der Waals surface area contributed by atoms with E-state index in [-0.39, 0.29) is 6.54 Å². The number of hydrogen-bond donors (Lipinski definition) is 7. The minimum Gasteiger partial charge on any atom is -0.480 e. The van der Waals surface area contributed by atoms with Gasteiger partial charge in [0.1, 0.15) is 0 Å². The SMILES string of the molecule is O=C(O)CNCCCCNCCNCCNCCCCNC(=O)C(=O)O. The number of rotatable bonds is 18. The fraction of sp³-hybridized carbons (Fsp3) is 0.812. The summed E-state index contributed by atoms with van der Waals surface area (Å²) in [7, 11) is 0. The molecule has 0 heterocycles. The minimum atomic E-state index is -1.45. The molecule has 0 bridgehead atoms. The molecule has 0 aliphatic carbocycles. The Hall–Kier alpha value is -1.75. The van der Waals surface area contributed by atoms with Gasteiger partial charge in [-0.15, -0.1) is 0 Å². The van der Waals surface area contributed by atoms with Crippen LogP contribution < -0.4 is 26.6 Å². The van der Waals surface area contributed by atoms with Crippen molar-refractivity contribution in [2.24, 2.45) is 0 Å². The molecule has 0 aromatic heterocycles. The van der Waals surface area contributed by atoms with E-state index in [4.69, 9.17) is 10.2 Å². The Morgan fingerprint density at radius 2 is 1.00 bits per heavy atom. The lowest BCUT2D eigenvalue weighted by molar-refractivity contribution is -0.150. The second kappa shape index (κ2) is 18.1. The number of unbranched alkanes of at least 4 members (excludes halogenated alkanes) is 2. The molecule has 1 amide bonds. The van der Waals surface area contributed by atoms with Crippen LogP contribution in [0.25, 0.3) is 0 Å². The van der Waals surface area contributed by atoms with E-state index < -0.39 is 17.8 Å². The monoisotopic (exact) mass is 375 g/mol. The average Bonchev–Trinajstić information content (AvgIpc) is 2.60. The number of aliphatic carboxylic acids is 2. The lowest BCUT2D eigenvalue weighted by atomic mass is 10.3. The highest BCUT2D eigenvalue weighted by molar-refractivity contribution is 6.31. The predicted molar refractivity (Wildman–Crippen MR) is 98.2 cm³/mol. The maximum absolute atomic E-state index is 10.8. The molecule has 0 aromatic carbocycles. The van der Waals surface area contributed by atoms with E-state index in [1.54, 1.807) is 0 Å². The summed E-state index contributed by atoms with van der Waals surface area (Å²) in [6.07, 6.45) is 3.59. The standard InChI is InChI=1S/C16H33N5O5/c22-14(23)13-20-7-2-1-5-17-9-11-19-12-10-18-6-3-4-8-21-15(24)16(25)26/h17-20H,1-13H2,(H,21,24)(H,22,23)(H,25,26). The van der Waals surface area contributed by atoms with Crippen molar-refractivity contribution in [3.63, 3.8) is 0 Å². The molecule has 0 aromatic rings. The number of carboxylic acids is 2. The molecule has 0 spiro atoms. The highest BCUT2D eigenvalue weighted by Gasteiger charge is 2.08. The largest absolute Gasteiger partial charge is 0.480 e. The van der Waals surface area contributed by atoms with Crippen molar-refractivity contribution in [2.45, 2.75) is 25.7 Å². The highest BCUT2D eigenvalue weighted by Crippen LogP contribution is 1.85. The average molecular weight is 375 g/mol. The van der Waals surface area contributed by atoms with E-state index in [0.29, 0.717) is 6.54 Å². The zero-order valence-electron chi connectivity index (χ0n) is 15.3. The van der Waals surface area contributed by atoms with Gasteiger partial charge in [0.05, 0.1) is 6.54 Å². The van der Waals surface area contributed by atoms with Crippen LogP contribution in [0, 0.1) is 0 Å². The molecule has 152 valence electrons. The molecule has 0 fully saturated rings. The van der Waals surface area contributed by atoms with Crippen LogP contribution in [-0.4, -0.2) is 87.0 Å². The Labute approximate surface area is 154 Å². The first kappa shape index (κ1) is 24.2. The summed E-state index contributed by atoms with van der Waals surface area (Å²) in [5.41, 5.74) is 0. The smallest absolute Gasteiger partial charge is 0.394 e. The van der Waals surface area contributed by atoms with Crippen molar-refractivity contribution >= 4 is 17.8 Å². The van der Waals surface area contributed by atoms with Crippen molar-refractivity contribution in [3.05, 3.63) is 0 Å². The van der Waals surface area contributed by atoms with E-state index in [1.807, 2.05) is 0 Å². The summed E-state index contributed by atoms with van der Waals surface area (Å²) in [5.74, 6) is -3.23. The lowest BCUT2D eigenvalue weighted by Crippen LogP contribution is -2.34. The Morgan fingerprint density at radius 3 is 1.46 bits per heavy atom. The number of carbonyl (C=O) groups is 3. The first-order valence-corrected chi connectivity index (χ1v) is 9.10. The van der Waals surface area contributed by atoms with Crippen LogP contribution in [0.15, 0.2) is 0 Å². The number of hydrogen-bond acceptors (Lipinski definition) is 7. The van der Waals surface area contributed by atoms with Crippen LogP contribution in [0.3, 0.4) is 0 Å². The first-order valence-electron chi connectivity index (χ1n) is 9.10. The first-order chi connectivity index (χ1) is 12.5. The van der Waals surface area contributed by atoms with Gasteiger partial charge in [-0.25, -0.2) is 4.79 Å². The summed E-state index contributed by atoms with van der Waals surface area (Å²) >= 11 is 0. The maximum Gasteiger partial charge on any atom is 0.394 e. The second-order valence-corrected chi connectivity index (χ2v) is 5.80. The fourth-order valence-electron chi connectivity index (χ4n) is 2.08. The minimum absolute atomic E-state index is 0.0205. The molecule has 0 aliphatic heterocycles. The van der Waals surface area contributed by atoms with Gasteiger partial charge < -0.3 is 36.8 Å². The second-order valence-electron chi connectivity index (χ2n) is 5.80. The van der Waals surface area contributed by atoms with Crippen LogP contribution >= 0.6 is 0 Å². The summed E-state index contributed by atoms with van der Waals surface area (Å²) in [6, 6.07) is 0. The topological polar surface area (TPSA) is 152 Å². The molecule has 7 N–H and O–H groups in total. The Bertz CT molecular complexity index is 395. The molecule has 0 saturated heterocycles. The molecular formula is C16H33N5O5. The molecule has 0 saturated carbocycles. The molecular weight excluding hydrogens is 342 g/mol. The molecule has 0 radical (unpaired) electrons. The van der Waals surface area contributed by atoms with Crippen molar-refractivity contribution < 1.29 is 24.6 Å². The van der Waals surface area contributed by atoms with Crippen molar-refractivity contribution in [1.82, 2.24) is 26.6 Å². The zero-order valence-corrected chi connectivity index (χ0v) is 15.3. The molecule has 0 aliphatic rings. The summed E-state index contributed by atoms with van der Waals surface area (Å²) in [5, 5.41) is 31.9. The van der Waals surface area contributed by atoms with Gasteiger partial charge >= 0.3 is 17.8 Å². The van der Waals surface area contributed by atoms with Crippen LogP contribution in [0.4, 0.5) is 0 Å². The van der Waals surface area contributed by atoms with Gasteiger partial charge in [0, 0.05) is 32.7 Å². The predicted octanol–water partition coefficient (Wildman–Crippen LogP) is -1.81. The normalized spacial score (nSPS) is 10.6. The molecule has 10 nitrogen and oxygen atoms in total. The van der Waals surface area contributed by atoms with Crippen LogP contribution in [-0.2, 0) is 14.4 Å². The van der Waals surface area contributed by atoms with Gasteiger partial charge in [0.15, 0.2) is 0 Å². The fourth-order valence-corrected chi connectivity index (χ4v) is 2.08. The van der Waals surface area contributed by atoms with E-state index in [9.17, 15) is 14.4 Å². The van der Waals surface area contributed by atoms with E-state index >= 15 is 0 Å². The quantitative estimate of drug-likeness (QED) is 0.109. The molecule has 26 heavy (non-hydrogen) atoms. The van der Waals surface area contributed by atoms with Crippen LogP contribution in [0.1, 0.15) is 25.7 Å². The number of carboxylic acid groups (broad SMARTS) is 2. The van der Waals surface area contributed by atoms with Gasteiger partial charge in [0.25, 0.3) is 0 Å². The highest BCUT2D eigenvalue weighted by atomic mass is 16.4. The van der Waals surface area contributed by atoms with E-state index in [1.165, 1.54) is 0 Å². The third-order valence-electron chi connectivity index (χ3n) is 3.45. The summed E-state index contributed by atoms with van der Waals surface area (Å²) in [4.78, 5) is 31.3. The summed E-state index contributed by atoms with van der Waals surface area (Å²) < 4.78 is 0. The van der Waals surface area contributed by atoms with Crippen LogP contribution in [0.2, 0.25) is 0 Å². The molecule has 10 heteroatoms. The van der Waals surface area contributed by atoms with Gasteiger partial charge in [0.2, 0.25) is 0 Å². The summed E-state index contributed by atoms with van der Waals surface area (Å²) in [6.45, 7) is 6.40. The van der Waals surface area contributed by atoms with Gasteiger partial charge in [-0.1, -0.05) is 0 Å². The molecule has 0 rings (SSSR count). The Kier molecular flexibility index (Phi) is 16.8.